The molecule has 0 aromatic rings. The van der Waals surface area contributed by atoms with Gasteiger partial charge in [0.2, 0.25) is 0 Å². The Morgan fingerprint density at radius 3 is 2.24 bits per heavy atom. The van der Waals surface area contributed by atoms with E-state index >= 15 is 0 Å². The second-order valence-electron chi connectivity index (χ2n) is 3.47. The molecular weight excluding hydrogens is 267 g/mol. The molecule has 0 aromatic carbocycles. The number of aliphatic hydroxyl groups excluding tert-OH is 3. The summed E-state index contributed by atoms with van der Waals surface area (Å²) in [6, 6.07) is 0. The fourth-order valence-electron chi connectivity index (χ4n) is 1.55. The molecule has 10 heteroatoms. The molecule has 1 aliphatic heterocycles. The first-order valence-corrected chi connectivity index (χ1v) is 6.00. The first-order chi connectivity index (χ1) is 7.26. The van der Waals surface area contributed by atoms with Gasteiger partial charge in [0.05, 0.1) is 15.9 Å². The molecular formula is C7H13NaO8S. The van der Waals surface area contributed by atoms with Crippen molar-refractivity contribution >= 4 is 10.1 Å². The van der Waals surface area contributed by atoms with Crippen LogP contribution in [0.2, 0.25) is 0 Å². The zero-order valence-electron chi connectivity index (χ0n) is 9.38. The van der Waals surface area contributed by atoms with Crippen LogP contribution >= 0.6 is 0 Å². The molecule has 5 atom stereocenters. The summed E-state index contributed by atoms with van der Waals surface area (Å²) in [6.45, 7) is 0. The fourth-order valence-corrected chi connectivity index (χ4v) is 2.22. The molecule has 1 fully saturated rings. The molecule has 3 N–H and O–H groups in total. The molecule has 0 amide bonds. The zero-order chi connectivity index (χ0) is 12.5. The molecule has 0 aliphatic carbocycles. The second kappa shape index (κ2) is 6.75. The maximum Gasteiger partial charge on any atom is 1.00 e. The SMILES string of the molecule is CO[C@@H]1[C@H](O)[C@@H](O)[C@H](O)O[C@@H]1CS(=O)(=O)[O-].[Na+]. The van der Waals surface area contributed by atoms with Crippen molar-refractivity contribution in [1.29, 1.82) is 0 Å². The van der Waals surface area contributed by atoms with Crippen LogP contribution in [0.3, 0.4) is 0 Å². The number of methoxy groups -OCH3 is 1. The van der Waals surface area contributed by atoms with Crippen molar-refractivity contribution < 1.29 is 67.3 Å². The third kappa shape index (κ3) is 4.71. The van der Waals surface area contributed by atoms with Gasteiger partial charge >= 0.3 is 29.6 Å². The minimum Gasteiger partial charge on any atom is -0.748 e. The predicted molar refractivity (Wildman–Crippen MR) is 48.3 cm³/mol. The largest absolute Gasteiger partial charge is 1.00 e. The van der Waals surface area contributed by atoms with Gasteiger partial charge in [-0.1, -0.05) is 0 Å². The quantitative estimate of drug-likeness (QED) is 0.343. The molecule has 0 unspecified atom stereocenters. The summed E-state index contributed by atoms with van der Waals surface area (Å²) in [5, 5.41) is 27.8. The van der Waals surface area contributed by atoms with Crippen LogP contribution in [0.5, 0.6) is 0 Å². The van der Waals surface area contributed by atoms with E-state index in [0.29, 0.717) is 0 Å². The van der Waals surface area contributed by atoms with Crippen LogP contribution in [0.4, 0.5) is 0 Å². The van der Waals surface area contributed by atoms with E-state index in [4.69, 9.17) is 9.84 Å². The summed E-state index contributed by atoms with van der Waals surface area (Å²) in [5.74, 6) is -0.952. The number of aliphatic hydroxyl groups is 3. The smallest absolute Gasteiger partial charge is 0.748 e. The maximum absolute atomic E-state index is 10.5. The standard InChI is InChI=1S/C7H14O8S.Na/c1-14-6-3(2-16(11,12)13)15-7(10)5(9)4(6)8;/h3-10H,2H2,1H3,(H,11,12,13);/q;+1/p-1/t3-,4-,5-,6+,7-;/m1./s1. The second-order valence-corrected chi connectivity index (χ2v) is 4.92. The number of hydrogen-bond donors (Lipinski definition) is 3. The Morgan fingerprint density at radius 1 is 1.29 bits per heavy atom. The molecule has 0 radical (unpaired) electrons. The van der Waals surface area contributed by atoms with Crippen molar-refractivity contribution in [2.45, 2.75) is 30.7 Å². The third-order valence-corrected chi connectivity index (χ3v) is 3.04. The zero-order valence-corrected chi connectivity index (χ0v) is 12.2. The van der Waals surface area contributed by atoms with Gasteiger partial charge in [0.1, 0.15) is 24.4 Å². The molecule has 0 aromatic heterocycles. The van der Waals surface area contributed by atoms with E-state index in [1.54, 1.807) is 0 Å². The first kappa shape index (κ1) is 17.7. The van der Waals surface area contributed by atoms with Crippen LogP contribution < -0.4 is 29.6 Å². The minimum atomic E-state index is -4.59. The van der Waals surface area contributed by atoms with E-state index in [2.05, 4.69) is 4.74 Å². The molecule has 0 spiro atoms. The predicted octanol–water partition coefficient (Wildman–Crippen LogP) is -6.01. The van der Waals surface area contributed by atoms with Gasteiger partial charge < -0.3 is 29.3 Å². The van der Waals surface area contributed by atoms with Crippen LogP contribution in [0.15, 0.2) is 0 Å². The molecule has 1 heterocycles. The van der Waals surface area contributed by atoms with Gasteiger partial charge in [0.15, 0.2) is 6.29 Å². The minimum absolute atomic E-state index is 0. The van der Waals surface area contributed by atoms with Crippen molar-refractivity contribution in [1.82, 2.24) is 0 Å². The van der Waals surface area contributed by atoms with E-state index < -0.39 is 46.6 Å². The maximum atomic E-state index is 10.5. The first-order valence-electron chi connectivity index (χ1n) is 4.42. The Morgan fingerprint density at radius 2 is 1.82 bits per heavy atom. The van der Waals surface area contributed by atoms with Crippen LogP contribution in [-0.2, 0) is 19.6 Å². The van der Waals surface area contributed by atoms with Crippen LogP contribution in [0, 0.1) is 0 Å². The van der Waals surface area contributed by atoms with Crippen molar-refractivity contribution in [3.8, 4) is 0 Å². The van der Waals surface area contributed by atoms with E-state index in [1.807, 2.05) is 0 Å². The molecule has 1 rings (SSSR count). The van der Waals surface area contributed by atoms with Crippen molar-refractivity contribution in [3.05, 3.63) is 0 Å². The van der Waals surface area contributed by atoms with Gasteiger partial charge in [-0.05, 0) is 0 Å². The average Bonchev–Trinajstić information content (AvgIpc) is 2.12. The van der Waals surface area contributed by atoms with Crippen LogP contribution in [-0.4, -0.2) is 71.9 Å². The van der Waals surface area contributed by atoms with Crippen LogP contribution in [0.25, 0.3) is 0 Å². The average molecular weight is 280 g/mol. The molecule has 17 heavy (non-hydrogen) atoms. The summed E-state index contributed by atoms with van der Waals surface area (Å²) in [4.78, 5) is 0. The summed E-state index contributed by atoms with van der Waals surface area (Å²) < 4.78 is 41.0. The molecule has 0 saturated carbocycles. The van der Waals surface area contributed by atoms with Gasteiger partial charge in [-0.15, -0.1) is 0 Å². The Labute approximate surface area is 121 Å². The molecule has 96 valence electrons. The monoisotopic (exact) mass is 280 g/mol. The molecule has 1 saturated heterocycles. The van der Waals surface area contributed by atoms with Gasteiger partial charge in [0.25, 0.3) is 0 Å². The van der Waals surface area contributed by atoms with Gasteiger partial charge in [-0.2, -0.15) is 0 Å². The topological polar surface area (TPSA) is 136 Å². The number of ether oxygens (including phenoxy) is 2. The Bertz CT molecular complexity index is 333. The molecule has 0 bridgehead atoms. The van der Waals surface area contributed by atoms with E-state index in [-0.39, 0.29) is 29.6 Å². The summed E-state index contributed by atoms with van der Waals surface area (Å²) in [6.07, 6.45) is -7.41. The Balaban J connectivity index is 0.00000256. The van der Waals surface area contributed by atoms with E-state index in [1.165, 1.54) is 0 Å². The molecule has 1 aliphatic rings. The Hall–Kier alpha value is 0.710. The normalized spacial score (nSPS) is 38.5. The number of hydrogen-bond acceptors (Lipinski definition) is 8. The third-order valence-electron chi connectivity index (χ3n) is 2.30. The van der Waals surface area contributed by atoms with Gasteiger partial charge in [-0.3, -0.25) is 0 Å². The van der Waals surface area contributed by atoms with Crippen molar-refractivity contribution in [3.63, 3.8) is 0 Å². The van der Waals surface area contributed by atoms with Gasteiger partial charge in [-0.25, -0.2) is 8.42 Å². The van der Waals surface area contributed by atoms with Crippen molar-refractivity contribution in [2.75, 3.05) is 12.9 Å². The summed E-state index contributed by atoms with van der Waals surface area (Å²) in [7, 11) is -3.43. The summed E-state index contributed by atoms with van der Waals surface area (Å²) in [5.41, 5.74) is 0. The number of rotatable bonds is 3. The summed E-state index contributed by atoms with van der Waals surface area (Å²) >= 11 is 0. The fraction of sp³-hybridized carbons (Fsp3) is 1.00. The molecule has 8 nitrogen and oxygen atoms in total. The van der Waals surface area contributed by atoms with E-state index in [0.717, 1.165) is 7.11 Å². The van der Waals surface area contributed by atoms with Crippen molar-refractivity contribution in [2.24, 2.45) is 0 Å². The Kier molecular flexibility index (Phi) is 7.04. The van der Waals surface area contributed by atoms with E-state index in [9.17, 15) is 23.2 Å². The van der Waals surface area contributed by atoms with Crippen LogP contribution in [0.1, 0.15) is 0 Å². The van der Waals surface area contributed by atoms with Gasteiger partial charge in [0, 0.05) is 7.11 Å².